The van der Waals surface area contributed by atoms with Crippen molar-refractivity contribution < 1.29 is 9.53 Å². The van der Waals surface area contributed by atoms with Gasteiger partial charge in [0.05, 0.1) is 0 Å². The third kappa shape index (κ3) is 2.14. The number of ether oxygens (including phenoxy) is 1. The molecular formula is C16H16O2. The molecule has 0 saturated heterocycles. The average Bonchev–Trinajstić information content (AvgIpc) is 2.34. The van der Waals surface area contributed by atoms with Gasteiger partial charge in [0.1, 0.15) is 5.75 Å². The Balaban J connectivity index is 2.63. The Hall–Kier alpha value is -2.09. The van der Waals surface area contributed by atoms with Crippen LogP contribution in [0.4, 0.5) is 0 Å². The van der Waals surface area contributed by atoms with Crippen LogP contribution in [0, 0.1) is 13.8 Å². The second kappa shape index (κ2) is 4.65. The van der Waals surface area contributed by atoms with Gasteiger partial charge in [-0.25, -0.2) is 4.79 Å². The van der Waals surface area contributed by atoms with Crippen LogP contribution in [0.3, 0.4) is 0 Å². The summed E-state index contributed by atoms with van der Waals surface area (Å²) in [5.41, 5.74) is 2.50. The average molecular weight is 240 g/mol. The van der Waals surface area contributed by atoms with Crippen LogP contribution in [-0.4, -0.2) is 5.97 Å². The third-order valence-electron chi connectivity index (χ3n) is 3.05. The van der Waals surface area contributed by atoms with Crippen molar-refractivity contribution in [3.05, 3.63) is 53.6 Å². The van der Waals surface area contributed by atoms with E-state index in [1.54, 1.807) is 6.92 Å². The zero-order valence-corrected chi connectivity index (χ0v) is 10.9. The summed E-state index contributed by atoms with van der Waals surface area (Å²) >= 11 is 0. The van der Waals surface area contributed by atoms with Crippen LogP contribution in [0.5, 0.6) is 5.75 Å². The first kappa shape index (κ1) is 12.4. The third-order valence-corrected chi connectivity index (χ3v) is 3.05. The number of hydrogen-bond donors (Lipinski definition) is 0. The second-order valence-electron chi connectivity index (χ2n) is 4.54. The molecule has 0 fully saturated rings. The first-order valence-corrected chi connectivity index (χ1v) is 5.87. The highest BCUT2D eigenvalue weighted by Gasteiger charge is 2.13. The van der Waals surface area contributed by atoms with Crippen LogP contribution >= 0.6 is 0 Å². The van der Waals surface area contributed by atoms with E-state index in [4.69, 9.17) is 4.74 Å². The maximum atomic E-state index is 11.7. The molecule has 0 saturated carbocycles. The Labute approximate surface area is 107 Å². The lowest BCUT2D eigenvalue weighted by atomic mass is 10.0. The smallest absolute Gasteiger partial charge is 0.338 e. The molecule has 0 aliphatic carbocycles. The van der Waals surface area contributed by atoms with Crippen LogP contribution in [0.2, 0.25) is 0 Å². The van der Waals surface area contributed by atoms with Crippen LogP contribution in [0.15, 0.2) is 42.5 Å². The summed E-state index contributed by atoms with van der Waals surface area (Å²) in [6, 6.07) is 9.99. The molecule has 0 atom stereocenters. The minimum Gasteiger partial charge on any atom is -0.422 e. The van der Waals surface area contributed by atoms with E-state index in [-0.39, 0.29) is 5.97 Å². The zero-order valence-electron chi connectivity index (χ0n) is 10.9. The molecule has 2 rings (SSSR count). The number of benzene rings is 2. The fourth-order valence-corrected chi connectivity index (χ4v) is 1.86. The summed E-state index contributed by atoms with van der Waals surface area (Å²) in [6.45, 7) is 9.23. The highest BCUT2D eigenvalue weighted by atomic mass is 16.5. The van der Waals surface area contributed by atoms with E-state index >= 15 is 0 Å². The largest absolute Gasteiger partial charge is 0.422 e. The van der Waals surface area contributed by atoms with Gasteiger partial charge in [-0.3, -0.25) is 0 Å². The fraction of sp³-hybridized carbons (Fsp3) is 0.188. The Morgan fingerprint density at radius 1 is 1.22 bits per heavy atom. The van der Waals surface area contributed by atoms with Gasteiger partial charge in [-0.1, -0.05) is 36.9 Å². The first-order valence-electron chi connectivity index (χ1n) is 5.87. The molecule has 0 N–H and O–H groups in total. The van der Waals surface area contributed by atoms with Gasteiger partial charge in [0.25, 0.3) is 0 Å². The number of aryl methyl sites for hydroxylation is 1. The molecule has 0 radical (unpaired) electrons. The van der Waals surface area contributed by atoms with Gasteiger partial charge in [0, 0.05) is 11.0 Å². The topological polar surface area (TPSA) is 26.3 Å². The van der Waals surface area contributed by atoms with Crippen molar-refractivity contribution in [2.24, 2.45) is 0 Å². The molecule has 0 unspecified atom stereocenters. The van der Waals surface area contributed by atoms with E-state index in [1.165, 1.54) is 0 Å². The minimum atomic E-state index is -0.381. The molecule has 92 valence electrons. The van der Waals surface area contributed by atoms with Crippen molar-refractivity contribution >= 4 is 16.7 Å². The SMILES string of the molecule is C=C(C)C(=O)Oc1c(C)c(C)cc2ccccc12. The normalized spacial score (nSPS) is 10.4. The molecule has 0 aliphatic heterocycles. The summed E-state index contributed by atoms with van der Waals surface area (Å²) in [5.74, 6) is 0.257. The molecule has 0 amide bonds. The quantitative estimate of drug-likeness (QED) is 0.451. The van der Waals surface area contributed by atoms with Crippen molar-refractivity contribution in [1.29, 1.82) is 0 Å². The maximum Gasteiger partial charge on any atom is 0.338 e. The van der Waals surface area contributed by atoms with E-state index in [9.17, 15) is 4.79 Å². The van der Waals surface area contributed by atoms with Gasteiger partial charge in [0.15, 0.2) is 0 Å². The number of esters is 1. The summed E-state index contributed by atoms with van der Waals surface area (Å²) in [5, 5.41) is 2.03. The summed E-state index contributed by atoms with van der Waals surface area (Å²) in [4.78, 5) is 11.7. The molecule has 2 heteroatoms. The van der Waals surface area contributed by atoms with Gasteiger partial charge in [-0.2, -0.15) is 0 Å². The molecular weight excluding hydrogens is 224 g/mol. The van der Waals surface area contributed by atoms with E-state index in [1.807, 2.05) is 38.1 Å². The van der Waals surface area contributed by atoms with E-state index < -0.39 is 0 Å². The molecule has 0 aromatic heterocycles. The van der Waals surface area contributed by atoms with Crippen molar-refractivity contribution in [2.75, 3.05) is 0 Å². The summed E-state index contributed by atoms with van der Waals surface area (Å²) in [7, 11) is 0. The van der Waals surface area contributed by atoms with Crippen LogP contribution in [-0.2, 0) is 4.79 Å². The predicted molar refractivity (Wildman–Crippen MR) is 73.9 cm³/mol. The highest BCUT2D eigenvalue weighted by Crippen LogP contribution is 2.32. The Morgan fingerprint density at radius 2 is 1.89 bits per heavy atom. The summed E-state index contributed by atoms with van der Waals surface area (Å²) in [6.07, 6.45) is 0. The van der Waals surface area contributed by atoms with Crippen LogP contribution in [0.1, 0.15) is 18.1 Å². The number of carbonyl (C=O) groups is 1. The van der Waals surface area contributed by atoms with Crippen molar-refractivity contribution in [3.63, 3.8) is 0 Å². The van der Waals surface area contributed by atoms with Gasteiger partial charge in [-0.05, 0) is 37.3 Å². The van der Waals surface area contributed by atoms with Crippen LogP contribution < -0.4 is 4.74 Å². The van der Waals surface area contributed by atoms with E-state index in [0.717, 1.165) is 21.9 Å². The predicted octanol–water partition coefficient (Wildman–Crippen LogP) is 3.94. The Kier molecular flexibility index (Phi) is 3.19. The molecule has 18 heavy (non-hydrogen) atoms. The number of rotatable bonds is 2. The highest BCUT2D eigenvalue weighted by molar-refractivity contribution is 5.95. The Morgan fingerprint density at radius 3 is 2.56 bits per heavy atom. The molecule has 2 nitrogen and oxygen atoms in total. The van der Waals surface area contributed by atoms with Crippen molar-refractivity contribution in [1.82, 2.24) is 0 Å². The molecule has 0 heterocycles. The number of fused-ring (bicyclic) bond motifs is 1. The van der Waals surface area contributed by atoms with Crippen molar-refractivity contribution in [2.45, 2.75) is 20.8 Å². The minimum absolute atomic E-state index is 0.381. The molecule has 0 spiro atoms. The standard InChI is InChI=1S/C16H16O2/c1-10(2)16(17)18-15-12(4)11(3)9-13-7-5-6-8-14(13)15/h5-9H,1H2,2-4H3. The number of hydrogen-bond acceptors (Lipinski definition) is 2. The summed E-state index contributed by atoms with van der Waals surface area (Å²) < 4.78 is 5.46. The van der Waals surface area contributed by atoms with E-state index in [0.29, 0.717) is 11.3 Å². The number of carbonyl (C=O) groups excluding carboxylic acids is 1. The van der Waals surface area contributed by atoms with Gasteiger partial charge < -0.3 is 4.74 Å². The van der Waals surface area contributed by atoms with Gasteiger partial charge in [-0.15, -0.1) is 0 Å². The molecule has 2 aromatic carbocycles. The molecule has 0 bridgehead atoms. The van der Waals surface area contributed by atoms with Crippen molar-refractivity contribution in [3.8, 4) is 5.75 Å². The van der Waals surface area contributed by atoms with Crippen LogP contribution in [0.25, 0.3) is 10.8 Å². The zero-order chi connectivity index (χ0) is 13.3. The lowest BCUT2D eigenvalue weighted by Gasteiger charge is -2.13. The lowest BCUT2D eigenvalue weighted by Crippen LogP contribution is -2.10. The van der Waals surface area contributed by atoms with E-state index in [2.05, 4.69) is 12.6 Å². The second-order valence-corrected chi connectivity index (χ2v) is 4.54. The monoisotopic (exact) mass is 240 g/mol. The Bertz CT molecular complexity index is 639. The fourth-order valence-electron chi connectivity index (χ4n) is 1.86. The van der Waals surface area contributed by atoms with Gasteiger partial charge >= 0.3 is 5.97 Å². The van der Waals surface area contributed by atoms with Gasteiger partial charge in [0.2, 0.25) is 0 Å². The maximum absolute atomic E-state index is 11.7. The first-order chi connectivity index (χ1) is 8.50. The lowest BCUT2D eigenvalue weighted by molar-refractivity contribution is -0.130. The molecule has 2 aromatic rings. The molecule has 0 aliphatic rings.